The van der Waals surface area contributed by atoms with Gasteiger partial charge in [-0.25, -0.2) is 0 Å². The van der Waals surface area contributed by atoms with Gasteiger partial charge in [0, 0.05) is 0 Å². The maximum absolute atomic E-state index is 12.1. The zero-order chi connectivity index (χ0) is 22.6. The van der Waals surface area contributed by atoms with Crippen molar-refractivity contribution >= 4 is 5.91 Å². The van der Waals surface area contributed by atoms with Crippen LogP contribution in [0.15, 0.2) is 42.5 Å². The molecule has 0 radical (unpaired) electrons. The minimum atomic E-state index is -1.41. The molecule has 4 heteroatoms. The number of rotatable bonds is 20. The van der Waals surface area contributed by atoms with Crippen molar-refractivity contribution in [3.8, 4) is 0 Å². The van der Waals surface area contributed by atoms with E-state index in [0.29, 0.717) is 5.56 Å². The molecule has 1 atom stereocenters. The van der Waals surface area contributed by atoms with Crippen molar-refractivity contribution in [2.24, 2.45) is 5.73 Å². The number of ether oxygens (including phenoxy) is 1. The molecular formula is C27H45NO3. The van der Waals surface area contributed by atoms with Gasteiger partial charge < -0.3 is 15.6 Å². The van der Waals surface area contributed by atoms with Crippen LogP contribution in [0.5, 0.6) is 0 Å². The normalized spacial score (nSPS) is 13.5. The number of carbonyl (C=O) groups excluding carboxylic acids is 1. The van der Waals surface area contributed by atoms with Gasteiger partial charge in [-0.2, -0.15) is 0 Å². The summed E-state index contributed by atoms with van der Waals surface area (Å²) in [4.78, 5) is 12.1. The standard InChI is InChI=1S/C27H45NO3/c1-2-3-4-5-6-7-8-9-10-11-12-13-14-15-16-20-23-27(26(28)30,31-24-29)25-21-18-17-19-22-25/h17-23,29H,2-16,24H2,1H3,(H2,28,30). The van der Waals surface area contributed by atoms with Crippen LogP contribution in [0.1, 0.15) is 109 Å². The summed E-state index contributed by atoms with van der Waals surface area (Å²) in [5, 5.41) is 9.28. The Hall–Kier alpha value is -1.65. The smallest absolute Gasteiger partial charge is 0.258 e. The van der Waals surface area contributed by atoms with Gasteiger partial charge in [0.25, 0.3) is 5.91 Å². The summed E-state index contributed by atoms with van der Waals surface area (Å²) in [6.45, 7) is 1.70. The zero-order valence-corrected chi connectivity index (χ0v) is 19.7. The van der Waals surface area contributed by atoms with Crippen molar-refractivity contribution in [2.45, 2.75) is 109 Å². The second-order valence-corrected chi connectivity index (χ2v) is 8.53. The molecule has 1 amide bonds. The Balaban J connectivity index is 2.16. The Bertz CT molecular complexity index is 587. The third-order valence-electron chi connectivity index (χ3n) is 5.94. The van der Waals surface area contributed by atoms with E-state index in [1.54, 1.807) is 18.2 Å². The number of aliphatic hydroxyl groups is 1. The first-order valence-electron chi connectivity index (χ1n) is 12.4. The number of carbonyl (C=O) groups is 1. The van der Waals surface area contributed by atoms with E-state index in [2.05, 4.69) is 6.92 Å². The number of hydrogen-bond acceptors (Lipinski definition) is 3. The molecule has 1 aromatic carbocycles. The summed E-state index contributed by atoms with van der Waals surface area (Å²) >= 11 is 0. The highest BCUT2D eigenvalue weighted by molar-refractivity contribution is 5.87. The molecule has 31 heavy (non-hydrogen) atoms. The number of amides is 1. The number of allylic oxidation sites excluding steroid dienone is 1. The number of unbranched alkanes of at least 4 members (excludes halogenated alkanes) is 14. The molecule has 0 aliphatic carbocycles. The van der Waals surface area contributed by atoms with Crippen LogP contribution in [-0.2, 0) is 15.1 Å². The molecule has 1 aromatic rings. The lowest BCUT2D eigenvalue weighted by molar-refractivity contribution is -0.150. The quantitative estimate of drug-likeness (QED) is 0.136. The van der Waals surface area contributed by atoms with Gasteiger partial charge in [0.1, 0.15) is 6.79 Å². The first-order chi connectivity index (χ1) is 15.2. The maximum Gasteiger partial charge on any atom is 0.258 e. The zero-order valence-electron chi connectivity index (χ0n) is 19.7. The van der Waals surface area contributed by atoms with Crippen molar-refractivity contribution < 1.29 is 14.6 Å². The Morgan fingerprint density at radius 1 is 0.871 bits per heavy atom. The number of aliphatic hydroxyl groups excluding tert-OH is 1. The number of primary amides is 1. The fourth-order valence-electron chi connectivity index (χ4n) is 4.02. The third kappa shape index (κ3) is 11.5. The Kier molecular flexibility index (Phi) is 15.9. The molecule has 0 aliphatic rings. The highest BCUT2D eigenvalue weighted by atomic mass is 16.6. The largest absolute Gasteiger partial charge is 0.371 e. The van der Waals surface area contributed by atoms with E-state index >= 15 is 0 Å². The van der Waals surface area contributed by atoms with Gasteiger partial charge in [-0.3, -0.25) is 4.79 Å². The summed E-state index contributed by atoms with van der Waals surface area (Å²) in [5.41, 5.74) is 4.85. The molecule has 0 fully saturated rings. The van der Waals surface area contributed by atoms with E-state index in [-0.39, 0.29) is 0 Å². The lowest BCUT2D eigenvalue weighted by atomic mass is 9.91. The molecule has 1 unspecified atom stereocenters. The topological polar surface area (TPSA) is 72.6 Å². The molecule has 1 rings (SSSR count). The predicted molar refractivity (Wildman–Crippen MR) is 130 cm³/mol. The van der Waals surface area contributed by atoms with Crippen molar-refractivity contribution in [1.82, 2.24) is 0 Å². The van der Waals surface area contributed by atoms with Gasteiger partial charge >= 0.3 is 0 Å². The van der Waals surface area contributed by atoms with Gasteiger partial charge in [0.2, 0.25) is 0 Å². The number of nitrogens with two attached hydrogens (primary N) is 1. The molecular weight excluding hydrogens is 386 g/mol. The van der Waals surface area contributed by atoms with E-state index in [9.17, 15) is 9.90 Å². The average Bonchev–Trinajstić information content (AvgIpc) is 2.78. The molecule has 0 saturated carbocycles. The fourth-order valence-corrected chi connectivity index (χ4v) is 4.02. The monoisotopic (exact) mass is 431 g/mol. The molecule has 0 saturated heterocycles. The Labute approximate surface area is 190 Å². The molecule has 0 aromatic heterocycles. The summed E-state index contributed by atoms with van der Waals surface area (Å²) in [5.74, 6) is -0.620. The summed E-state index contributed by atoms with van der Waals surface area (Å²) in [6, 6.07) is 9.10. The highest BCUT2D eigenvalue weighted by Crippen LogP contribution is 2.27. The highest BCUT2D eigenvalue weighted by Gasteiger charge is 2.36. The summed E-state index contributed by atoms with van der Waals surface area (Å²) in [7, 11) is 0. The van der Waals surface area contributed by atoms with Crippen LogP contribution in [0.3, 0.4) is 0 Å². The summed E-state index contributed by atoms with van der Waals surface area (Å²) in [6.07, 6.45) is 23.2. The van der Waals surface area contributed by atoms with Gasteiger partial charge in [0.05, 0.1) is 0 Å². The molecule has 0 aliphatic heterocycles. The van der Waals surface area contributed by atoms with E-state index in [1.807, 2.05) is 24.3 Å². The van der Waals surface area contributed by atoms with Crippen molar-refractivity contribution in [3.63, 3.8) is 0 Å². The van der Waals surface area contributed by atoms with Gasteiger partial charge in [-0.1, -0.05) is 127 Å². The third-order valence-corrected chi connectivity index (χ3v) is 5.94. The molecule has 0 bridgehead atoms. The van der Waals surface area contributed by atoms with Crippen LogP contribution in [0.2, 0.25) is 0 Å². The predicted octanol–water partition coefficient (Wildman–Crippen LogP) is 6.76. The van der Waals surface area contributed by atoms with Crippen molar-refractivity contribution in [2.75, 3.05) is 6.79 Å². The van der Waals surface area contributed by atoms with E-state index in [1.165, 1.54) is 83.5 Å². The molecule has 0 heterocycles. The molecule has 0 spiro atoms. The second-order valence-electron chi connectivity index (χ2n) is 8.53. The molecule has 176 valence electrons. The summed E-state index contributed by atoms with van der Waals surface area (Å²) < 4.78 is 5.40. The maximum atomic E-state index is 12.1. The minimum Gasteiger partial charge on any atom is -0.371 e. The van der Waals surface area contributed by atoms with Gasteiger partial charge in [-0.15, -0.1) is 0 Å². The second kappa shape index (κ2) is 18.0. The lowest BCUT2D eigenvalue weighted by Crippen LogP contribution is -2.42. The van der Waals surface area contributed by atoms with Crippen LogP contribution >= 0.6 is 0 Å². The first-order valence-corrected chi connectivity index (χ1v) is 12.4. The van der Waals surface area contributed by atoms with Crippen LogP contribution in [0, 0.1) is 0 Å². The molecule has 4 nitrogen and oxygen atoms in total. The van der Waals surface area contributed by atoms with Crippen LogP contribution < -0.4 is 5.73 Å². The minimum absolute atomic E-state index is 0.568. The van der Waals surface area contributed by atoms with E-state index < -0.39 is 18.3 Å². The SMILES string of the molecule is CCCCCCCCCCCCCCCCC=CC(OCO)(C(N)=O)c1ccccc1. The fraction of sp³-hybridized carbons (Fsp3) is 0.667. The van der Waals surface area contributed by atoms with Crippen LogP contribution in [0.25, 0.3) is 0 Å². The van der Waals surface area contributed by atoms with E-state index in [0.717, 1.165) is 12.8 Å². The number of hydrogen-bond donors (Lipinski definition) is 2. The van der Waals surface area contributed by atoms with Crippen molar-refractivity contribution in [3.05, 3.63) is 48.0 Å². The lowest BCUT2D eigenvalue weighted by Gasteiger charge is -2.27. The first kappa shape index (κ1) is 27.4. The van der Waals surface area contributed by atoms with Gasteiger partial charge in [0.15, 0.2) is 5.60 Å². The Morgan fingerprint density at radius 3 is 1.81 bits per heavy atom. The van der Waals surface area contributed by atoms with Crippen molar-refractivity contribution in [1.29, 1.82) is 0 Å². The average molecular weight is 432 g/mol. The van der Waals surface area contributed by atoms with Crippen LogP contribution in [-0.4, -0.2) is 17.8 Å². The van der Waals surface area contributed by atoms with Gasteiger partial charge in [-0.05, 0) is 24.5 Å². The van der Waals surface area contributed by atoms with Crippen LogP contribution in [0.4, 0.5) is 0 Å². The molecule has 3 N–H and O–H groups in total. The Morgan fingerprint density at radius 2 is 1.35 bits per heavy atom. The number of benzene rings is 1. The van der Waals surface area contributed by atoms with E-state index in [4.69, 9.17) is 10.5 Å².